The van der Waals surface area contributed by atoms with Crippen LogP contribution in [0.1, 0.15) is 31.9 Å². The van der Waals surface area contributed by atoms with Crippen LogP contribution in [0.15, 0.2) is 36.7 Å². The molecule has 0 radical (unpaired) electrons. The summed E-state index contributed by atoms with van der Waals surface area (Å²) >= 11 is 0. The molecular weight excluding hydrogens is 208 g/mol. The van der Waals surface area contributed by atoms with Crippen LogP contribution in [0.5, 0.6) is 0 Å². The molecular formula is C15H18N2. The van der Waals surface area contributed by atoms with E-state index in [9.17, 15) is 0 Å². The van der Waals surface area contributed by atoms with Gasteiger partial charge >= 0.3 is 0 Å². The van der Waals surface area contributed by atoms with Crippen molar-refractivity contribution in [1.82, 2.24) is 9.97 Å². The molecule has 0 atom stereocenters. The highest BCUT2D eigenvalue weighted by molar-refractivity contribution is 5.55. The van der Waals surface area contributed by atoms with E-state index < -0.39 is 0 Å². The van der Waals surface area contributed by atoms with Gasteiger partial charge < -0.3 is 0 Å². The molecule has 0 aliphatic rings. The molecule has 0 aliphatic carbocycles. The van der Waals surface area contributed by atoms with Crippen molar-refractivity contribution < 1.29 is 0 Å². The minimum absolute atomic E-state index is 0.187. The van der Waals surface area contributed by atoms with Crippen LogP contribution in [-0.2, 0) is 5.41 Å². The SMILES string of the molecule is Cc1cnc(-c2ccc(C(C)(C)C)cc2)nc1. The molecule has 2 aromatic rings. The Kier molecular flexibility index (Phi) is 2.97. The molecule has 0 amide bonds. The maximum Gasteiger partial charge on any atom is 0.159 e. The second kappa shape index (κ2) is 4.28. The second-order valence-corrected chi connectivity index (χ2v) is 5.41. The predicted molar refractivity (Wildman–Crippen MR) is 70.9 cm³/mol. The number of aryl methyl sites for hydroxylation is 1. The minimum atomic E-state index is 0.187. The van der Waals surface area contributed by atoms with Crippen LogP contribution in [0.3, 0.4) is 0 Å². The van der Waals surface area contributed by atoms with Gasteiger partial charge in [-0.05, 0) is 23.5 Å². The van der Waals surface area contributed by atoms with Crippen molar-refractivity contribution in [3.05, 3.63) is 47.8 Å². The van der Waals surface area contributed by atoms with Crippen molar-refractivity contribution in [2.24, 2.45) is 0 Å². The van der Waals surface area contributed by atoms with Gasteiger partial charge in [0.1, 0.15) is 0 Å². The largest absolute Gasteiger partial charge is 0.236 e. The summed E-state index contributed by atoms with van der Waals surface area (Å²) in [5.41, 5.74) is 3.67. The molecule has 0 unspecified atom stereocenters. The van der Waals surface area contributed by atoms with Gasteiger partial charge in [-0.15, -0.1) is 0 Å². The summed E-state index contributed by atoms with van der Waals surface area (Å²) in [6.07, 6.45) is 3.69. The maximum absolute atomic E-state index is 4.33. The monoisotopic (exact) mass is 226 g/mol. The van der Waals surface area contributed by atoms with Gasteiger partial charge in [0.2, 0.25) is 0 Å². The molecule has 1 aromatic carbocycles. The zero-order valence-electron chi connectivity index (χ0n) is 10.9. The Labute approximate surface area is 103 Å². The molecule has 0 fully saturated rings. The third-order valence-corrected chi connectivity index (χ3v) is 2.79. The Bertz CT molecular complexity index is 490. The van der Waals surface area contributed by atoms with Gasteiger partial charge in [-0.25, -0.2) is 9.97 Å². The number of nitrogens with zero attached hydrogens (tertiary/aromatic N) is 2. The van der Waals surface area contributed by atoms with Crippen molar-refractivity contribution in [3.8, 4) is 11.4 Å². The molecule has 17 heavy (non-hydrogen) atoms. The van der Waals surface area contributed by atoms with Gasteiger partial charge in [0.05, 0.1) is 0 Å². The first-order valence-corrected chi connectivity index (χ1v) is 5.86. The van der Waals surface area contributed by atoms with Crippen molar-refractivity contribution in [2.75, 3.05) is 0 Å². The Morgan fingerprint density at radius 1 is 0.882 bits per heavy atom. The van der Waals surface area contributed by atoms with Gasteiger partial charge in [0.15, 0.2) is 5.82 Å². The van der Waals surface area contributed by atoms with Crippen LogP contribution < -0.4 is 0 Å². The Balaban J connectivity index is 2.33. The Morgan fingerprint density at radius 3 is 1.88 bits per heavy atom. The summed E-state index contributed by atoms with van der Waals surface area (Å²) in [6, 6.07) is 8.48. The maximum atomic E-state index is 4.33. The molecule has 0 spiro atoms. The van der Waals surface area contributed by atoms with Crippen LogP contribution in [0, 0.1) is 6.92 Å². The highest BCUT2D eigenvalue weighted by Crippen LogP contribution is 2.24. The smallest absolute Gasteiger partial charge is 0.159 e. The summed E-state index contributed by atoms with van der Waals surface area (Å²) in [4.78, 5) is 8.66. The zero-order chi connectivity index (χ0) is 12.5. The van der Waals surface area contributed by atoms with E-state index in [1.54, 1.807) is 0 Å². The summed E-state index contributed by atoms with van der Waals surface area (Å²) < 4.78 is 0. The fourth-order valence-corrected chi connectivity index (χ4v) is 1.66. The van der Waals surface area contributed by atoms with E-state index in [1.807, 2.05) is 19.3 Å². The molecule has 2 rings (SSSR count). The van der Waals surface area contributed by atoms with E-state index in [4.69, 9.17) is 0 Å². The standard InChI is InChI=1S/C15H18N2/c1-11-9-16-14(17-10-11)12-5-7-13(8-6-12)15(2,3)4/h5-10H,1-4H3. The number of hydrogen-bond donors (Lipinski definition) is 0. The van der Waals surface area contributed by atoms with E-state index in [0.29, 0.717) is 0 Å². The zero-order valence-corrected chi connectivity index (χ0v) is 10.9. The average Bonchev–Trinajstić information content (AvgIpc) is 2.29. The lowest BCUT2D eigenvalue weighted by atomic mass is 9.87. The lowest BCUT2D eigenvalue weighted by Gasteiger charge is -2.18. The number of benzene rings is 1. The molecule has 0 saturated carbocycles. The number of hydrogen-bond acceptors (Lipinski definition) is 2. The van der Waals surface area contributed by atoms with Crippen LogP contribution in [0.25, 0.3) is 11.4 Å². The third-order valence-electron chi connectivity index (χ3n) is 2.79. The van der Waals surface area contributed by atoms with Gasteiger partial charge in [-0.1, -0.05) is 45.0 Å². The van der Waals surface area contributed by atoms with E-state index in [1.165, 1.54) is 5.56 Å². The molecule has 0 aliphatic heterocycles. The second-order valence-electron chi connectivity index (χ2n) is 5.41. The highest BCUT2D eigenvalue weighted by Gasteiger charge is 2.13. The van der Waals surface area contributed by atoms with Gasteiger partial charge in [-0.3, -0.25) is 0 Å². The third kappa shape index (κ3) is 2.70. The predicted octanol–water partition coefficient (Wildman–Crippen LogP) is 3.75. The Hall–Kier alpha value is -1.70. The lowest BCUT2D eigenvalue weighted by molar-refractivity contribution is 0.590. The van der Waals surface area contributed by atoms with E-state index in [0.717, 1.165) is 17.0 Å². The summed E-state index contributed by atoms with van der Waals surface area (Å²) in [5.74, 6) is 0.788. The fraction of sp³-hybridized carbons (Fsp3) is 0.333. The van der Waals surface area contributed by atoms with Crippen molar-refractivity contribution in [3.63, 3.8) is 0 Å². The van der Waals surface area contributed by atoms with E-state index in [2.05, 4.69) is 55.0 Å². The molecule has 1 aromatic heterocycles. The first-order valence-electron chi connectivity index (χ1n) is 5.86. The number of aromatic nitrogens is 2. The Morgan fingerprint density at radius 2 is 1.41 bits per heavy atom. The lowest BCUT2D eigenvalue weighted by Crippen LogP contribution is -2.10. The summed E-state index contributed by atoms with van der Waals surface area (Å²) in [7, 11) is 0. The minimum Gasteiger partial charge on any atom is -0.236 e. The van der Waals surface area contributed by atoms with Crippen LogP contribution in [0.2, 0.25) is 0 Å². The van der Waals surface area contributed by atoms with Crippen molar-refractivity contribution in [1.29, 1.82) is 0 Å². The average molecular weight is 226 g/mol. The highest BCUT2D eigenvalue weighted by atomic mass is 14.9. The molecule has 0 saturated heterocycles. The number of rotatable bonds is 1. The first-order chi connectivity index (χ1) is 7.97. The molecule has 88 valence electrons. The quantitative estimate of drug-likeness (QED) is 0.740. The van der Waals surface area contributed by atoms with Crippen LogP contribution >= 0.6 is 0 Å². The summed E-state index contributed by atoms with van der Waals surface area (Å²) in [6.45, 7) is 8.63. The summed E-state index contributed by atoms with van der Waals surface area (Å²) in [5, 5.41) is 0. The van der Waals surface area contributed by atoms with Gasteiger partial charge in [0.25, 0.3) is 0 Å². The van der Waals surface area contributed by atoms with Crippen LogP contribution in [0.4, 0.5) is 0 Å². The normalized spacial score (nSPS) is 11.5. The van der Waals surface area contributed by atoms with Gasteiger partial charge in [0, 0.05) is 18.0 Å². The van der Waals surface area contributed by atoms with Crippen LogP contribution in [-0.4, -0.2) is 9.97 Å². The molecule has 0 N–H and O–H groups in total. The van der Waals surface area contributed by atoms with E-state index in [-0.39, 0.29) is 5.41 Å². The fourth-order valence-electron chi connectivity index (χ4n) is 1.66. The topological polar surface area (TPSA) is 25.8 Å². The first kappa shape index (κ1) is 11.8. The van der Waals surface area contributed by atoms with Gasteiger partial charge in [-0.2, -0.15) is 0 Å². The van der Waals surface area contributed by atoms with Crippen molar-refractivity contribution in [2.45, 2.75) is 33.1 Å². The molecule has 0 bridgehead atoms. The van der Waals surface area contributed by atoms with Crippen molar-refractivity contribution >= 4 is 0 Å². The molecule has 1 heterocycles. The molecule has 2 nitrogen and oxygen atoms in total. The van der Waals surface area contributed by atoms with E-state index >= 15 is 0 Å². The molecule has 2 heteroatoms.